The van der Waals surface area contributed by atoms with Crippen LogP contribution in [0, 0.1) is 18.3 Å². The highest BCUT2D eigenvalue weighted by molar-refractivity contribution is 8.04. The fourth-order valence-electron chi connectivity index (χ4n) is 3.09. The molecule has 1 aromatic carbocycles. The van der Waals surface area contributed by atoms with Crippen molar-refractivity contribution in [2.24, 2.45) is 15.9 Å². The molecule has 2 rings (SSSR count). The molecule has 0 bridgehead atoms. The highest BCUT2D eigenvalue weighted by Crippen LogP contribution is 2.27. The molecule has 4 nitrogen and oxygen atoms in total. The van der Waals surface area contributed by atoms with Crippen molar-refractivity contribution in [1.82, 2.24) is 10.2 Å². The highest BCUT2D eigenvalue weighted by Gasteiger charge is 2.18. The molecule has 0 spiro atoms. The molecule has 0 saturated carbocycles. The van der Waals surface area contributed by atoms with E-state index in [1.165, 1.54) is 18.5 Å². The van der Waals surface area contributed by atoms with Crippen LogP contribution in [0.25, 0.3) is 0 Å². The monoisotopic (exact) mass is 408 g/mol. The van der Waals surface area contributed by atoms with E-state index in [0.717, 1.165) is 40.7 Å². The number of amidine groups is 1. The molecular weight excluding hydrogens is 376 g/mol. The molecule has 29 heavy (non-hydrogen) atoms. The van der Waals surface area contributed by atoms with Crippen LogP contribution < -0.4 is 5.32 Å². The van der Waals surface area contributed by atoms with Crippen LogP contribution in [0.4, 0.5) is 0 Å². The smallest absolute Gasteiger partial charge is 0.0971 e. The number of hydrogen-bond acceptors (Lipinski definition) is 4. The van der Waals surface area contributed by atoms with Gasteiger partial charge < -0.3 is 10.2 Å². The molecule has 1 unspecified atom stereocenters. The lowest BCUT2D eigenvalue weighted by atomic mass is 10.1. The zero-order valence-electron chi connectivity index (χ0n) is 18.0. The standard InChI is InChI=1S/C24H32N4S/c1-6-20-8-10-23(11-9-20)29-24(17-25-4)14-21(7-2)15-26-19(3)27-16-22-12-13-28(5)18-22/h1,8-11,14-15,17,22H,7,12-13,16,18H2,2-5H3,(H,26,27)/b21-15+,24-14+,25-17?. The van der Waals surface area contributed by atoms with Gasteiger partial charge in [0.25, 0.3) is 0 Å². The van der Waals surface area contributed by atoms with Gasteiger partial charge in [-0.1, -0.05) is 24.6 Å². The normalized spacial score (nSPS) is 19.0. The van der Waals surface area contributed by atoms with Gasteiger partial charge in [-0.3, -0.25) is 9.98 Å². The maximum atomic E-state index is 5.44. The van der Waals surface area contributed by atoms with Gasteiger partial charge in [-0.25, -0.2) is 0 Å². The quantitative estimate of drug-likeness (QED) is 0.225. The van der Waals surface area contributed by atoms with E-state index < -0.39 is 0 Å². The molecule has 1 saturated heterocycles. The van der Waals surface area contributed by atoms with Gasteiger partial charge in [0.05, 0.1) is 5.84 Å². The molecule has 0 aromatic heterocycles. The molecule has 154 valence electrons. The van der Waals surface area contributed by atoms with Crippen LogP contribution in [-0.4, -0.2) is 50.7 Å². The summed E-state index contributed by atoms with van der Waals surface area (Å²) in [4.78, 5) is 13.5. The van der Waals surface area contributed by atoms with E-state index in [0.29, 0.717) is 5.92 Å². The largest absolute Gasteiger partial charge is 0.350 e. The number of thioether (sulfide) groups is 1. The first-order chi connectivity index (χ1) is 14.0. The molecule has 0 aliphatic carbocycles. The summed E-state index contributed by atoms with van der Waals surface area (Å²) in [5.74, 6) is 4.29. The molecular formula is C24H32N4S. The first-order valence-corrected chi connectivity index (χ1v) is 10.9. The van der Waals surface area contributed by atoms with Crippen molar-refractivity contribution < 1.29 is 0 Å². The minimum atomic E-state index is 0.677. The van der Waals surface area contributed by atoms with Gasteiger partial charge in [0.1, 0.15) is 0 Å². The molecule has 0 radical (unpaired) electrons. The third-order valence-corrected chi connectivity index (χ3v) is 5.76. The molecule has 1 aromatic rings. The molecule has 5 heteroatoms. The number of nitrogens with one attached hydrogen (secondary N) is 1. The van der Waals surface area contributed by atoms with Gasteiger partial charge in [-0.05, 0) is 75.2 Å². The highest BCUT2D eigenvalue weighted by atomic mass is 32.2. The summed E-state index contributed by atoms with van der Waals surface area (Å²) >= 11 is 1.68. The Labute approximate surface area is 180 Å². The number of hydrogen-bond donors (Lipinski definition) is 1. The summed E-state index contributed by atoms with van der Waals surface area (Å²) in [6, 6.07) is 8.01. The first-order valence-electron chi connectivity index (χ1n) is 10.1. The molecule has 1 N–H and O–H groups in total. The Bertz CT molecular complexity index is 812. The Morgan fingerprint density at radius 3 is 2.72 bits per heavy atom. The predicted molar refractivity (Wildman–Crippen MR) is 128 cm³/mol. The van der Waals surface area contributed by atoms with Crippen molar-refractivity contribution in [2.75, 3.05) is 33.7 Å². The number of allylic oxidation sites excluding steroid dienone is 3. The van der Waals surface area contributed by atoms with Gasteiger partial charge in [0.2, 0.25) is 0 Å². The van der Waals surface area contributed by atoms with Crippen LogP contribution in [-0.2, 0) is 0 Å². The van der Waals surface area contributed by atoms with Gasteiger partial charge in [-0.2, -0.15) is 0 Å². The van der Waals surface area contributed by atoms with Crippen LogP contribution in [0.15, 0.2) is 61.9 Å². The Kier molecular flexibility index (Phi) is 9.76. The Morgan fingerprint density at radius 1 is 1.38 bits per heavy atom. The minimum Gasteiger partial charge on any atom is -0.350 e. The van der Waals surface area contributed by atoms with Crippen molar-refractivity contribution in [2.45, 2.75) is 31.6 Å². The van der Waals surface area contributed by atoms with Gasteiger partial charge in [0, 0.05) is 47.9 Å². The molecule has 1 heterocycles. The van der Waals surface area contributed by atoms with Gasteiger partial charge >= 0.3 is 0 Å². The Morgan fingerprint density at radius 2 is 2.14 bits per heavy atom. The second-order valence-electron chi connectivity index (χ2n) is 7.26. The lowest BCUT2D eigenvalue weighted by Crippen LogP contribution is -2.18. The lowest BCUT2D eigenvalue weighted by molar-refractivity contribution is 0.397. The second-order valence-corrected chi connectivity index (χ2v) is 8.41. The zero-order chi connectivity index (χ0) is 21.1. The summed E-state index contributed by atoms with van der Waals surface area (Å²) in [6.45, 7) is 7.41. The molecule has 1 aliphatic rings. The lowest BCUT2D eigenvalue weighted by Gasteiger charge is -2.09. The third kappa shape index (κ3) is 8.31. The van der Waals surface area contributed by atoms with Gasteiger partial charge in [-0.15, -0.1) is 6.42 Å². The number of likely N-dealkylation sites (tertiary alicyclic amines) is 1. The fourth-order valence-corrected chi connectivity index (χ4v) is 4.00. The number of rotatable bonds is 8. The molecule has 1 aliphatic heterocycles. The van der Waals surface area contributed by atoms with E-state index in [-0.39, 0.29) is 0 Å². The van der Waals surface area contributed by atoms with Crippen molar-refractivity contribution in [3.8, 4) is 12.3 Å². The summed E-state index contributed by atoms with van der Waals surface area (Å²) in [5, 5.41) is 3.35. The van der Waals surface area contributed by atoms with Crippen LogP contribution in [0.3, 0.4) is 0 Å². The first kappa shape index (κ1) is 23.0. The van der Waals surface area contributed by atoms with E-state index in [4.69, 9.17) is 11.4 Å². The summed E-state index contributed by atoms with van der Waals surface area (Å²) < 4.78 is 0. The topological polar surface area (TPSA) is 40.0 Å². The Balaban J connectivity index is 2.01. The second kappa shape index (κ2) is 12.3. The number of benzene rings is 1. The van der Waals surface area contributed by atoms with Crippen molar-refractivity contribution in [1.29, 1.82) is 0 Å². The average molecular weight is 409 g/mol. The van der Waals surface area contributed by atoms with Crippen LogP contribution in [0.5, 0.6) is 0 Å². The SMILES string of the molecule is C#Cc1ccc(S/C(C=NC)=C/C(=C/NC(C)=NCC2CCN(C)C2)CC)cc1. The van der Waals surface area contributed by atoms with Crippen LogP contribution in [0.1, 0.15) is 32.3 Å². The summed E-state index contributed by atoms with van der Waals surface area (Å²) in [6.07, 6.45) is 13.7. The van der Waals surface area contributed by atoms with Gasteiger partial charge in [0.15, 0.2) is 0 Å². The van der Waals surface area contributed by atoms with Crippen LogP contribution >= 0.6 is 11.8 Å². The van der Waals surface area contributed by atoms with Crippen molar-refractivity contribution >= 4 is 23.8 Å². The van der Waals surface area contributed by atoms with Crippen molar-refractivity contribution in [3.63, 3.8) is 0 Å². The molecule has 1 atom stereocenters. The maximum Gasteiger partial charge on any atom is 0.0971 e. The molecule has 0 amide bonds. The van der Waals surface area contributed by atoms with Crippen molar-refractivity contribution in [3.05, 3.63) is 52.6 Å². The third-order valence-electron chi connectivity index (χ3n) is 4.79. The number of terminal acetylenes is 1. The predicted octanol–water partition coefficient (Wildman–Crippen LogP) is 4.60. The number of nitrogens with zero attached hydrogens (tertiary/aromatic N) is 3. The minimum absolute atomic E-state index is 0.677. The van der Waals surface area contributed by atoms with E-state index in [1.807, 2.05) is 43.6 Å². The van der Waals surface area contributed by atoms with E-state index in [1.54, 1.807) is 18.8 Å². The molecule has 1 fully saturated rings. The van der Waals surface area contributed by atoms with E-state index in [9.17, 15) is 0 Å². The average Bonchev–Trinajstić information content (AvgIpc) is 3.15. The summed E-state index contributed by atoms with van der Waals surface area (Å²) in [5.41, 5.74) is 2.09. The zero-order valence-corrected chi connectivity index (χ0v) is 18.8. The van der Waals surface area contributed by atoms with E-state index >= 15 is 0 Å². The summed E-state index contributed by atoms with van der Waals surface area (Å²) in [7, 11) is 3.97. The maximum absolute atomic E-state index is 5.44. The Hall–Kier alpha value is -2.29. The number of aliphatic imine (C=N–C) groups is 2. The fraction of sp³-hybridized carbons (Fsp3) is 0.417. The van der Waals surface area contributed by atoms with E-state index in [2.05, 4.69) is 41.2 Å². The van der Waals surface area contributed by atoms with Crippen LogP contribution in [0.2, 0.25) is 0 Å².